The van der Waals surface area contributed by atoms with Crippen LogP contribution in [0.1, 0.15) is 129 Å². The molecular formula is C35H65N3O7. The van der Waals surface area contributed by atoms with Crippen LogP contribution in [0.5, 0.6) is 0 Å². The third kappa shape index (κ3) is 14.5. The first-order valence-electron chi connectivity index (χ1n) is 16.2. The fourth-order valence-electron chi connectivity index (χ4n) is 3.98. The standard InChI is InChI=1S/C9H16O2.C8H15NO2.C8H13NO2.C8H15NO.C2H6/c1-6-5-7(9(2,3)4)11-8(6)10;1-8(2,3)6-5-9(4)7(10)11-6;1-6-5-9(8(2,3)4)11-7(6)10;1-6-5-7(10-9-6)8(2,3)4;1-2/h6-7H,5H2,1-4H3;6H,5H2,1-4H3;5H,1-4H3;7H,5H2,1-4H3;1-2H3. The Kier molecular flexibility index (Phi) is 15.7. The molecule has 4 heterocycles. The van der Waals surface area contributed by atoms with Crippen LogP contribution < -0.4 is 5.63 Å². The molecule has 0 aliphatic carbocycles. The number of oxime groups is 1. The number of aromatic nitrogens is 1. The number of esters is 1. The summed E-state index contributed by atoms with van der Waals surface area (Å²) in [5.74, 6) is 0.0594. The van der Waals surface area contributed by atoms with Gasteiger partial charge in [0, 0.05) is 30.5 Å². The van der Waals surface area contributed by atoms with Gasteiger partial charge in [-0.1, -0.05) is 88.2 Å². The van der Waals surface area contributed by atoms with E-state index in [2.05, 4.69) is 67.5 Å². The highest BCUT2D eigenvalue weighted by molar-refractivity contribution is 5.82. The van der Waals surface area contributed by atoms with Gasteiger partial charge in [-0.25, -0.2) is 14.3 Å². The zero-order chi connectivity index (χ0) is 35.7. The fraction of sp³-hybridized carbons (Fsp3) is 0.829. The lowest BCUT2D eigenvalue weighted by atomic mass is 9.86. The lowest BCUT2D eigenvalue weighted by Gasteiger charge is -2.24. The highest BCUT2D eigenvalue weighted by atomic mass is 16.6. The van der Waals surface area contributed by atoms with Crippen molar-refractivity contribution in [3.8, 4) is 0 Å². The summed E-state index contributed by atoms with van der Waals surface area (Å²) in [7, 11) is 1.76. The number of carbonyl (C=O) groups excluding carboxylic acids is 2. The van der Waals surface area contributed by atoms with Gasteiger partial charge in [0.2, 0.25) is 0 Å². The Balaban J connectivity index is 0.000000563. The van der Waals surface area contributed by atoms with Crippen LogP contribution in [0.3, 0.4) is 0 Å². The molecule has 45 heavy (non-hydrogen) atoms. The summed E-state index contributed by atoms with van der Waals surface area (Å²) in [4.78, 5) is 39.7. The Morgan fingerprint density at radius 3 is 1.44 bits per heavy atom. The minimum absolute atomic E-state index is 0.0371. The molecule has 10 nitrogen and oxygen atoms in total. The molecule has 1 aromatic rings. The molecule has 2 fully saturated rings. The molecule has 2 saturated heterocycles. The van der Waals surface area contributed by atoms with E-state index < -0.39 is 0 Å². The third-order valence-corrected chi connectivity index (χ3v) is 7.41. The lowest BCUT2D eigenvalue weighted by Crippen LogP contribution is -2.29. The number of rotatable bonds is 0. The Morgan fingerprint density at radius 2 is 1.27 bits per heavy atom. The van der Waals surface area contributed by atoms with E-state index in [9.17, 15) is 14.4 Å². The topological polar surface area (TPSA) is 113 Å². The number of nitrogens with zero attached hydrogens (tertiary/aromatic N) is 3. The van der Waals surface area contributed by atoms with Crippen LogP contribution in [0.15, 0.2) is 20.7 Å². The molecule has 0 N–H and O–H groups in total. The van der Waals surface area contributed by atoms with Crippen LogP contribution in [-0.2, 0) is 24.6 Å². The molecule has 0 radical (unpaired) electrons. The molecular weight excluding hydrogens is 574 g/mol. The summed E-state index contributed by atoms with van der Waals surface area (Å²) in [5, 5.41) is 3.90. The number of amides is 1. The van der Waals surface area contributed by atoms with Crippen LogP contribution in [0.25, 0.3) is 0 Å². The van der Waals surface area contributed by atoms with Crippen molar-refractivity contribution in [2.75, 3.05) is 13.6 Å². The molecule has 4 unspecified atom stereocenters. The molecule has 0 saturated carbocycles. The second kappa shape index (κ2) is 16.7. The number of hydrogen-bond acceptors (Lipinski definition) is 8. The van der Waals surface area contributed by atoms with E-state index in [-0.39, 0.29) is 63.7 Å². The fourth-order valence-corrected chi connectivity index (χ4v) is 3.98. The number of likely N-dealkylation sites (N-methyl/N-ethyl adjacent to an activating group) is 1. The van der Waals surface area contributed by atoms with Gasteiger partial charge in [0.25, 0.3) is 0 Å². The van der Waals surface area contributed by atoms with Crippen molar-refractivity contribution >= 4 is 17.8 Å². The molecule has 4 atom stereocenters. The van der Waals surface area contributed by atoms with E-state index >= 15 is 0 Å². The van der Waals surface area contributed by atoms with E-state index in [1.54, 1.807) is 29.8 Å². The number of aryl methyl sites for hydroxylation is 1. The summed E-state index contributed by atoms with van der Waals surface area (Å²) in [6, 6.07) is 0. The number of carbonyl (C=O) groups is 2. The van der Waals surface area contributed by atoms with Crippen molar-refractivity contribution in [3.05, 3.63) is 22.2 Å². The maximum Gasteiger partial charge on any atom is 0.409 e. The van der Waals surface area contributed by atoms with E-state index in [0.717, 1.165) is 18.6 Å². The zero-order valence-electron chi connectivity index (χ0n) is 31.7. The maximum absolute atomic E-state index is 11.0. The van der Waals surface area contributed by atoms with E-state index in [4.69, 9.17) is 18.8 Å². The largest absolute Gasteiger partial charge is 0.462 e. The first-order chi connectivity index (χ1) is 20.2. The van der Waals surface area contributed by atoms with E-state index in [1.807, 2.05) is 48.5 Å². The molecule has 0 spiro atoms. The maximum atomic E-state index is 11.0. The Hall–Kier alpha value is -2.78. The van der Waals surface area contributed by atoms with Gasteiger partial charge in [-0.05, 0) is 46.5 Å². The third-order valence-electron chi connectivity index (χ3n) is 7.41. The van der Waals surface area contributed by atoms with E-state index in [1.165, 1.54) is 0 Å². The summed E-state index contributed by atoms with van der Waals surface area (Å²) in [6.07, 6.45) is 3.83. The number of ether oxygens (including phenoxy) is 2. The smallest absolute Gasteiger partial charge is 0.409 e. The number of hydrogen-bond donors (Lipinski definition) is 0. The normalized spacial score (nSPS) is 23.0. The molecule has 1 amide bonds. The second-order valence-corrected chi connectivity index (χ2v) is 16.2. The van der Waals surface area contributed by atoms with Crippen LogP contribution in [0.2, 0.25) is 0 Å². The van der Waals surface area contributed by atoms with Crippen molar-refractivity contribution in [1.29, 1.82) is 0 Å². The van der Waals surface area contributed by atoms with E-state index in [0.29, 0.717) is 12.1 Å². The van der Waals surface area contributed by atoms with Crippen LogP contribution in [-0.4, -0.2) is 59.3 Å². The molecule has 4 rings (SSSR count). The highest BCUT2D eigenvalue weighted by Crippen LogP contribution is 2.33. The van der Waals surface area contributed by atoms with Gasteiger partial charge in [0.15, 0.2) is 0 Å². The van der Waals surface area contributed by atoms with Gasteiger partial charge < -0.3 is 23.7 Å². The monoisotopic (exact) mass is 639 g/mol. The highest BCUT2D eigenvalue weighted by Gasteiger charge is 2.38. The SMILES string of the molecule is CC.CC1=NOC(C(C)(C)C)C1.CC1CC(C(C)(C)C)OC1=O.CN1CC(C(C)(C)C)OC1=O.Cc1cn(C(C)(C)C)oc1=O. The average Bonchev–Trinajstić information content (AvgIpc) is 3.65. The van der Waals surface area contributed by atoms with Gasteiger partial charge in [-0.15, -0.1) is 0 Å². The van der Waals surface area contributed by atoms with Crippen molar-refractivity contribution in [2.45, 2.75) is 154 Å². The first-order valence-corrected chi connectivity index (χ1v) is 16.2. The summed E-state index contributed by atoms with van der Waals surface area (Å²) < 4.78 is 16.8. The van der Waals surface area contributed by atoms with Crippen molar-refractivity contribution < 1.29 is 28.4 Å². The van der Waals surface area contributed by atoms with Crippen molar-refractivity contribution in [3.63, 3.8) is 0 Å². The molecule has 1 aromatic heterocycles. The van der Waals surface area contributed by atoms with Gasteiger partial charge >= 0.3 is 17.7 Å². The number of cyclic esters (lactones) is 2. The minimum Gasteiger partial charge on any atom is -0.462 e. The average molecular weight is 640 g/mol. The molecule has 0 bridgehead atoms. The molecule has 10 heteroatoms. The quantitative estimate of drug-likeness (QED) is 0.263. The van der Waals surface area contributed by atoms with Crippen molar-refractivity contribution in [1.82, 2.24) is 9.64 Å². The van der Waals surface area contributed by atoms with Crippen LogP contribution in [0.4, 0.5) is 4.79 Å². The molecule has 262 valence electrons. The Morgan fingerprint density at radius 1 is 0.778 bits per heavy atom. The Bertz CT molecular complexity index is 1110. The van der Waals surface area contributed by atoms with Gasteiger partial charge in [0.05, 0.1) is 29.3 Å². The zero-order valence-corrected chi connectivity index (χ0v) is 31.7. The summed E-state index contributed by atoms with van der Waals surface area (Å²) in [5.41, 5.74) is 1.75. The van der Waals surface area contributed by atoms with Crippen LogP contribution >= 0.6 is 0 Å². The predicted octanol–water partition coefficient (Wildman–Crippen LogP) is 8.20. The molecule has 0 aromatic carbocycles. The van der Waals surface area contributed by atoms with Crippen molar-refractivity contribution in [2.24, 2.45) is 27.3 Å². The lowest BCUT2D eigenvalue weighted by molar-refractivity contribution is -0.147. The molecule has 3 aliphatic heterocycles. The second-order valence-electron chi connectivity index (χ2n) is 16.2. The first kappa shape index (κ1) is 42.2. The van der Waals surface area contributed by atoms with Gasteiger partial charge in [-0.2, -0.15) is 0 Å². The molecule has 3 aliphatic rings. The predicted molar refractivity (Wildman–Crippen MR) is 182 cm³/mol. The summed E-state index contributed by atoms with van der Waals surface area (Å²) in [6.45, 7) is 35.4. The Labute approximate surface area is 273 Å². The minimum atomic E-state index is -0.250. The van der Waals surface area contributed by atoms with Gasteiger partial charge in [0.1, 0.15) is 18.3 Å². The van der Waals surface area contributed by atoms with Gasteiger partial charge in [-0.3, -0.25) is 4.79 Å². The van der Waals surface area contributed by atoms with Crippen LogP contribution in [0, 0.1) is 29.1 Å². The summed E-state index contributed by atoms with van der Waals surface area (Å²) >= 11 is 0.